The lowest BCUT2D eigenvalue weighted by Gasteiger charge is -2.15. The number of hydrogen-bond donors (Lipinski definition) is 2. The van der Waals surface area contributed by atoms with Gasteiger partial charge in [-0.25, -0.2) is 4.79 Å². The number of esters is 1. The smallest absolute Gasteiger partial charge is 0.330 e. The molecule has 0 aromatic carbocycles. The first-order chi connectivity index (χ1) is 7.65. The Morgan fingerprint density at radius 2 is 2.19 bits per heavy atom. The standard InChI is InChI=1S/C11H19NO4/c1-3-10(14)16-9(7-5-6-8-13)11(15)12-4-2/h3,9,13H,1,4-8H2,2H3,(H,12,15). The number of carbonyl (C=O) groups is 2. The molecule has 2 N–H and O–H groups in total. The molecule has 0 spiro atoms. The SMILES string of the molecule is C=CC(=O)OC(CCCCO)C(=O)NCC. The van der Waals surface area contributed by atoms with Crippen molar-refractivity contribution in [2.75, 3.05) is 13.2 Å². The Hall–Kier alpha value is -1.36. The van der Waals surface area contributed by atoms with E-state index in [0.717, 1.165) is 6.08 Å². The zero-order valence-electron chi connectivity index (χ0n) is 9.57. The highest BCUT2D eigenvalue weighted by Gasteiger charge is 2.20. The number of amides is 1. The Bertz CT molecular complexity index is 240. The average molecular weight is 229 g/mol. The topological polar surface area (TPSA) is 75.6 Å². The number of hydrogen-bond acceptors (Lipinski definition) is 4. The van der Waals surface area contributed by atoms with E-state index in [1.165, 1.54) is 0 Å². The van der Waals surface area contributed by atoms with Crippen LogP contribution >= 0.6 is 0 Å². The van der Waals surface area contributed by atoms with Crippen LogP contribution in [0, 0.1) is 0 Å². The van der Waals surface area contributed by atoms with Crippen molar-refractivity contribution in [3.8, 4) is 0 Å². The Morgan fingerprint density at radius 3 is 2.69 bits per heavy atom. The summed E-state index contributed by atoms with van der Waals surface area (Å²) in [5.41, 5.74) is 0. The van der Waals surface area contributed by atoms with E-state index >= 15 is 0 Å². The lowest BCUT2D eigenvalue weighted by molar-refractivity contribution is -0.151. The summed E-state index contributed by atoms with van der Waals surface area (Å²) < 4.78 is 4.91. The molecule has 0 aromatic rings. The highest BCUT2D eigenvalue weighted by molar-refractivity contribution is 5.87. The van der Waals surface area contributed by atoms with Crippen molar-refractivity contribution in [1.82, 2.24) is 5.32 Å². The first-order valence-corrected chi connectivity index (χ1v) is 5.37. The lowest BCUT2D eigenvalue weighted by Crippen LogP contribution is -2.37. The van der Waals surface area contributed by atoms with Gasteiger partial charge < -0.3 is 15.2 Å². The highest BCUT2D eigenvalue weighted by Crippen LogP contribution is 2.06. The van der Waals surface area contributed by atoms with E-state index < -0.39 is 12.1 Å². The summed E-state index contributed by atoms with van der Waals surface area (Å²) in [6.07, 6.45) is 1.85. The van der Waals surface area contributed by atoms with Crippen LogP contribution in [0.1, 0.15) is 26.2 Å². The Morgan fingerprint density at radius 1 is 1.50 bits per heavy atom. The maximum Gasteiger partial charge on any atom is 0.330 e. The van der Waals surface area contributed by atoms with Crippen molar-refractivity contribution in [3.63, 3.8) is 0 Å². The molecule has 0 saturated heterocycles. The van der Waals surface area contributed by atoms with Crippen molar-refractivity contribution in [1.29, 1.82) is 0 Å². The van der Waals surface area contributed by atoms with Crippen molar-refractivity contribution >= 4 is 11.9 Å². The second kappa shape index (κ2) is 8.91. The van der Waals surface area contributed by atoms with E-state index in [0.29, 0.717) is 25.8 Å². The Kier molecular flexibility index (Phi) is 8.15. The predicted octanol–water partition coefficient (Wildman–Crippen LogP) is 0.383. The minimum atomic E-state index is -0.794. The fraction of sp³-hybridized carbons (Fsp3) is 0.636. The average Bonchev–Trinajstić information content (AvgIpc) is 2.28. The van der Waals surface area contributed by atoms with Gasteiger partial charge in [-0.15, -0.1) is 0 Å². The molecule has 0 aromatic heterocycles. The number of unbranched alkanes of at least 4 members (excludes halogenated alkanes) is 1. The predicted molar refractivity (Wildman–Crippen MR) is 59.7 cm³/mol. The van der Waals surface area contributed by atoms with E-state index in [2.05, 4.69) is 11.9 Å². The second-order valence-electron chi connectivity index (χ2n) is 3.24. The van der Waals surface area contributed by atoms with Crippen LogP contribution in [0.3, 0.4) is 0 Å². The van der Waals surface area contributed by atoms with E-state index in [1.54, 1.807) is 6.92 Å². The van der Waals surface area contributed by atoms with E-state index in [-0.39, 0.29) is 12.5 Å². The van der Waals surface area contributed by atoms with Crippen molar-refractivity contribution in [2.45, 2.75) is 32.3 Å². The first kappa shape index (κ1) is 14.6. The van der Waals surface area contributed by atoms with E-state index in [9.17, 15) is 9.59 Å². The third kappa shape index (κ3) is 6.19. The monoisotopic (exact) mass is 229 g/mol. The van der Waals surface area contributed by atoms with Gasteiger partial charge in [0, 0.05) is 19.2 Å². The number of carbonyl (C=O) groups excluding carboxylic acids is 2. The van der Waals surface area contributed by atoms with Crippen LogP contribution in [0.15, 0.2) is 12.7 Å². The number of aliphatic hydroxyl groups is 1. The van der Waals surface area contributed by atoms with E-state index in [1.807, 2.05) is 0 Å². The summed E-state index contributed by atoms with van der Waals surface area (Å²) in [6.45, 7) is 5.61. The fourth-order valence-electron chi connectivity index (χ4n) is 1.16. The molecule has 0 aliphatic rings. The molecule has 0 fully saturated rings. The van der Waals surface area contributed by atoms with Crippen LogP contribution in [0.4, 0.5) is 0 Å². The highest BCUT2D eigenvalue weighted by atomic mass is 16.5. The van der Waals surface area contributed by atoms with E-state index in [4.69, 9.17) is 9.84 Å². The Balaban J connectivity index is 4.19. The molecule has 1 amide bonds. The van der Waals surface area contributed by atoms with Crippen LogP contribution < -0.4 is 5.32 Å². The molecule has 0 saturated carbocycles. The van der Waals surface area contributed by atoms with Crippen molar-refractivity contribution in [2.24, 2.45) is 0 Å². The normalized spacial score (nSPS) is 11.6. The number of aliphatic hydroxyl groups excluding tert-OH is 1. The summed E-state index contributed by atoms with van der Waals surface area (Å²) in [6, 6.07) is 0. The zero-order chi connectivity index (χ0) is 12.4. The van der Waals surface area contributed by atoms with Gasteiger partial charge in [-0.05, 0) is 26.2 Å². The van der Waals surface area contributed by atoms with Crippen LogP contribution in [-0.2, 0) is 14.3 Å². The number of likely N-dealkylation sites (N-methyl/N-ethyl adjacent to an activating group) is 1. The summed E-state index contributed by atoms with van der Waals surface area (Å²) in [5.74, 6) is -0.920. The van der Waals surface area contributed by atoms with Crippen molar-refractivity contribution < 1.29 is 19.4 Å². The van der Waals surface area contributed by atoms with Crippen LogP contribution in [0.2, 0.25) is 0 Å². The largest absolute Gasteiger partial charge is 0.449 e. The second-order valence-corrected chi connectivity index (χ2v) is 3.24. The van der Waals surface area contributed by atoms with Gasteiger partial charge >= 0.3 is 5.97 Å². The number of ether oxygens (including phenoxy) is 1. The third-order valence-corrected chi connectivity index (χ3v) is 1.94. The molecule has 1 unspecified atom stereocenters. The van der Waals surface area contributed by atoms with Gasteiger partial charge in [-0.2, -0.15) is 0 Å². The summed E-state index contributed by atoms with van der Waals surface area (Å²) >= 11 is 0. The van der Waals surface area contributed by atoms with Gasteiger partial charge in [-0.3, -0.25) is 4.79 Å². The molecule has 5 heteroatoms. The third-order valence-electron chi connectivity index (χ3n) is 1.94. The van der Waals surface area contributed by atoms with Crippen LogP contribution in [-0.4, -0.2) is 36.2 Å². The van der Waals surface area contributed by atoms with Crippen LogP contribution in [0.25, 0.3) is 0 Å². The molecule has 16 heavy (non-hydrogen) atoms. The van der Waals surface area contributed by atoms with Gasteiger partial charge in [0.05, 0.1) is 0 Å². The molecule has 0 bridgehead atoms. The lowest BCUT2D eigenvalue weighted by atomic mass is 10.1. The van der Waals surface area contributed by atoms with Gasteiger partial charge in [0.1, 0.15) is 0 Å². The summed E-state index contributed by atoms with van der Waals surface area (Å²) in [4.78, 5) is 22.5. The molecular formula is C11H19NO4. The quantitative estimate of drug-likeness (QED) is 0.358. The maximum absolute atomic E-state index is 11.5. The molecule has 0 radical (unpaired) electrons. The minimum absolute atomic E-state index is 0.0670. The van der Waals surface area contributed by atoms with Gasteiger partial charge in [0.25, 0.3) is 5.91 Å². The summed E-state index contributed by atoms with van der Waals surface area (Å²) in [5, 5.41) is 11.2. The number of rotatable bonds is 8. The van der Waals surface area contributed by atoms with Gasteiger partial charge in [-0.1, -0.05) is 6.58 Å². The molecule has 0 rings (SSSR count). The molecule has 1 atom stereocenters. The first-order valence-electron chi connectivity index (χ1n) is 5.37. The minimum Gasteiger partial charge on any atom is -0.449 e. The molecule has 0 heterocycles. The maximum atomic E-state index is 11.5. The molecule has 92 valence electrons. The number of nitrogens with one attached hydrogen (secondary N) is 1. The Labute approximate surface area is 95.5 Å². The summed E-state index contributed by atoms with van der Waals surface area (Å²) in [7, 11) is 0. The van der Waals surface area contributed by atoms with Gasteiger partial charge in [0.2, 0.25) is 0 Å². The molecule has 0 aliphatic heterocycles. The molecular weight excluding hydrogens is 210 g/mol. The van der Waals surface area contributed by atoms with Gasteiger partial charge in [0.15, 0.2) is 6.10 Å². The fourth-order valence-corrected chi connectivity index (χ4v) is 1.16. The zero-order valence-corrected chi connectivity index (χ0v) is 9.57. The molecule has 0 aliphatic carbocycles. The molecule has 5 nitrogen and oxygen atoms in total. The van der Waals surface area contributed by atoms with Crippen LogP contribution in [0.5, 0.6) is 0 Å². The van der Waals surface area contributed by atoms with Crippen molar-refractivity contribution in [3.05, 3.63) is 12.7 Å².